The summed E-state index contributed by atoms with van der Waals surface area (Å²) in [6.07, 6.45) is 0. The molecule has 0 unspecified atom stereocenters. The third-order valence-electron chi connectivity index (χ3n) is 1.34. The molecule has 0 radical (unpaired) electrons. The lowest BCUT2D eigenvalue weighted by molar-refractivity contribution is 0.608. The first-order valence-electron chi connectivity index (χ1n) is 3.25. The predicted octanol–water partition coefficient (Wildman–Crippen LogP) is 2.55. The number of hydrogen-bond donors (Lipinski definition) is 0. The van der Waals surface area contributed by atoms with Gasteiger partial charge < -0.3 is 0 Å². The maximum atomic E-state index is 12.5. The lowest BCUT2D eigenvalue weighted by atomic mass is 10.2. The fraction of sp³-hybridized carbons (Fsp3) is 0.143. The van der Waals surface area contributed by atoms with Gasteiger partial charge in [0.1, 0.15) is 5.82 Å². The second-order valence-electron chi connectivity index (χ2n) is 2.42. The second-order valence-corrected chi connectivity index (χ2v) is 5.60. The van der Waals surface area contributed by atoms with E-state index in [1.807, 2.05) is 0 Å². The van der Waals surface area contributed by atoms with Crippen LogP contribution in [-0.2, 0) is 14.8 Å². The van der Waals surface area contributed by atoms with Gasteiger partial charge in [-0.1, -0.05) is 17.7 Å². The molecule has 72 valence electrons. The Morgan fingerprint density at radius 2 is 2.00 bits per heavy atom. The van der Waals surface area contributed by atoms with E-state index in [1.54, 1.807) is 0 Å². The van der Waals surface area contributed by atoms with Crippen molar-refractivity contribution in [2.45, 2.75) is 5.75 Å². The van der Waals surface area contributed by atoms with Crippen molar-refractivity contribution in [1.29, 1.82) is 0 Å². The largest absolute Gasteiger partial charge is 0.236 e. The average Bonchev–Trinajstić information content (AvgIpc) is 1.93. The van der Waals surface area contributed by atoms with Crippen LogP contribution < -0.4 is 0 Å². The van der Waals surface area contributed by atoms with Gasteiger partial charge in [0.15, 0.2) is 0 Å². The van der Waals surface area contributed by atoms with E-state index in [0.29, 0.717) is 0 Å². The second kappa shape index (κ2) is 3.82. The minimum atomic E-state index is -3.65. The van der Waals surface area contributed by atoms with Crippen molar-refractivity contribution in [2.75, 3.05) is 0 Å². The fourth-order valence-electron chi connectivity index (χ4n) is 0.824. The number of halogens is 3. The molecule has 0 spiro atoms. The summed E-state index contributed by atoms with van der Waals surface area (Å²) in [5.41, 5.74) is 0.290. The van der Waals surface area contributed by atoms with Crippen molar-refractivity contribution in [3.63, 3.8) is 0 Å². The predicted molar refractivity (Wildman–Crippen MR) is 49.9 cm³/mol. The topological polar surface area (TPSA) is 34.1 Å². The molecule has 0 amide bonds. The van der Waals surface area contributed by atoms with Crippen LogP contribution in [-0.4, -0.2) is 8.42 Å². The molecule has 13 heavy (non-hydrogen) atoms. The molecule has 0 heterocycles. The van der Waals surface area contributed by atoms with Crippen molar-refractivity contribution >= 4 is 31.3 Å². The van der Waals surface area contributed by atoms with Crippen molar-refractivity contribution < 1.29 is 12.8 Å². The Bertz CT molecular complexity index is 417. The molecular weight excluding hydrogens is 238 g/mol. The monoisotopic (exact) mass is 242 g/mol. The first-order valence-corrected chi connectivity index (χ1v) is 6.10. The first kappa shape index (κ1) is 10.8. The van der Waals surface area contributed by atoms with Crippen LogP contribution >= 0.6 is 22.3 Å². The van der Waals surface area contributed by atoms with E-state index in [2.05, 4.69) is 0 Å². The van der Waals surface area contributed by atoms with E-state index in [4.69, 9.17) is 22.3 Å². The molecule has 0 atom stereocenters. The van der Waals surface area contributed by atoms with Gasteiger partial charge in [0.05, 0.1) is 5.75 Å². The van der Waals surface area contributed by atoms with Crippen LogP contribution in [0.2, 0.25) is 5.02 Å². The molecule has 0 saturated carbocycles. The lowest BCUT2D eigenvalue weighted by Crippen LogP contribution is -1.96. The third kappa shape index (κ3) is 3.50. The minimum absolute atomic E-state index is 0.0595. The molecule has 0 N–H and O–H groups in total. The summed E-state index contributed by atoms with van der Waals surface area (Å²) in [6, 6.07) is 3.46. The third-order valence-corrected chi connectivity index (χ3v) is 2.68. The van der Waals surface area contributed by atoms with Gasteiger partial charge in [-0.05, 0) is 17.7 Å². The van der Waals surface area contributed by atoms with E-state index in [-0.39, 0.29) is 10.6 Å². The van der Waals surface area contributed by atoms with E-state index < -0.39 is 20.6 Å². The maximum Gasteiger partial charge on any atom is 0.236 e. The smallest absolute Gasteiger partial charge is 0.212 e. The van der Waals surface area contributed by atoms with E-state index in [1.165, 1.54) is 6.07 Å². The summed E-state index contributed by atoms with van der Waals surface area (Å²) in [5, 5.41) is 0.0595. The standard InChI is InChI=1S/C7H5Cl2FO2S/c8-7-3-6(10)2-1-5(7)4-13(9,11)12/h1-3H,4H2. The molecule has 2 nitrogen and oxygen atoms in total. The molecule has 0 saturated heterocycles. The molecular formula is C7H5Cl2FO2S. The maximum absolute atomic E-state index is 12.5. The van der Waals surface area contributed by atoms with Gasteiger partial charge in [-0.3, -0.25) is 0 Å². The first-order chi connectivity index (χ1) is 5.88. The summed E-state index contributed by atoms with van der Waals surface area (Å²) in [5.74, 6) is -0.908. The number of rotatable bonds is 2. The van der Waals surface area contributed by atoms with Crippen molar-refractivity contribution in [3.8, 4) is 0 Å². The zero-order chi connectivity index (χ0) is 10.1. The van der Waals surface area contributed by atoms with Crippen LogP contribution in [0.5, 0.6) is 0 Å². The van der Waals surface area contributed by atoms with Crippen molar-refractivity contribution in [2.24, 2.45) is 0 Å². The Balaban J connectivity index is 3.04. The molecule has 0 aliphatic carbocycles. The summed E-state index contributed by atoms with van der Waals surface area (Å²) in [6.45, 7) is 0. The van der Waals surface area contributed by atoms with Crippen LogP contribution in [0, 0.1) is 5.82 Å². The zero-order valence-corrected chi connectivity index (χ0v) is 8.63. The van der Waals surface area contributed by atoms with Gasteiger partial charge in [-0.25, -0.2) is 12.8 Å². The van der Waals surface area contributed by atoms with E-state index >= 15 is 0 Å². The Hall–Kier alpha value is -0.320. The minimum Gasteiger partial charge on any atom is -0.212 e. The van der Waals surface area contributed by atoms with Crippen LogP contribution in [0.15, 0.2) is 18.2 Å². The fourth-order valence-corrected chi connectivity index (χ4v) is 2.11. The van der Waals surface area contributed by atoms with Crippen molar-refractivity contribution in [3.05, 3.63) is 34.6 Å². The summed E-state index contributed by atoms with van der Waals surface area (Å²) in [4.78, 5) is 0. The van der Waals surface area contributed by atoms with Gasteiger partial charge in [0.2, 0.25) is 9.05 Å². The van der Waals surface area contributed by atoms with Crippen LogP contribution in [0.4, 0.5) is 4.39 Å². The van der Waals surface area contributed by atoms with Crippen LogP contribution in [0.1, 0.15) is 5.56 Å². The van der Waals surface area contributed by atoms with E-state index in [0.717, 1.165) is 12.1 Å². The molecule has 0 bridgehead atoms. The molecule has 1 aromatic rings. The highest BCUT2D eigenvalue weighted by atomic mass is 35.7. The lowest BCUT2D eigenvalue weighted by Gasteiger charge is -2.00. The van der Waals surface area contributed by atoms with Gasteiger partial charge in [-0.2, -0.15) is 0 Å². The van der Waals surface area contributed by atoms with Gasteiger partial charge in [-0.15, -0.1) is 0 Å². The summed E-state index contributed by atoms with van der Waals surface area (Å²) in [7, 11) is 1.35. The van der Waals surface area contributed by atoms with Crippen LogP contribution in [0.25, 0.3) is 0 Å². The van der Waals surface area contributed by atoms with Crippen LogP contribution in [0.3, 0.4) is 0 Å². The normalized spacial score (nSPS) is 11.6. The molecule has 0 fully saturated rings. The highest BCUT2D eigenvalue weighted by molar-refractivity contribution is 8.13. The van der Waals surface area contributed by atoms with Gasteiger partial charge in [0.25, 0.3) is 0 Å². The molecule has 6 heteroatoms. The number of hydrogen-bond acceptors (Lipinski definition) is 2. The van der Waals surface area contributed by atoms with E-state index in [9.17, 15) is 12.8 Å². The highest BCUT2D eigenvalue weighted by Crippen LogP contribution is 2.20. The quantitative estimate of drug-likeness (QED) is 0.748. The number of benzene rings is 1. The summed E-state index contributed by atoms with van der Waals surface area (Å²) < 4.78 is 33.8. The Morgan fingerprint density at radius 1 is 1.38 bits per heavy atom. The molecule has 1 aromatic carbocycles. The Labute approximate surface area is 84.7 Å². The average molecular weight is 243 g/mol. The zero-order valence-electron chi connectivity index (χ0n) is 6.30. The van der Waals surface area contributed by atoms with Gasteiger partial charge in [0, 0.05) is 15.7 Å². The molecule has 1 rings (SSSR count). The molecule has 0 aliphatic heterocycles. The summed E-state index contributed by atoms with van der Waals surface area (Å²) >= 11 is 5.57. The SMILES string of the molecule is O=S(=O)(Cl)Cc1ccc(F)cc1Cl. The Kier molecular flexibility index (Phi) is 3.16. The molecule has 0 aromatic heterocycles. The van der Waals surface area contributed by atoms with Gasteiger partial charge >= 0.3 is 0 Å². The highest BCUT2D eigenvalue weighted by Gasteiger charge is 2.10. The molecule has 0 aliphatic rings. The van der Waals surface area contributed by atoms with Crippen molar-refractivity contribution in [1.82, 2.24) is 0 Å². The Morgan fingerprint density at radius 3 is 2.46 bits per heavy atom.